The van der Waals surface area contributed by atoms with Crippen LogP contribution in [0.1, 0.15) is 88.2 Å². The largest absolute Gasteiger partial charge is 0.573 e. The lowest BCUT2D eigenvalue weighted by molar-refractivity contribution is -0.276. The Morgan fingerprint density at radius 1 is 0.593 bits per heavy atom. The highest BCUT2D eigenvalue weighted by molar-refractivity contribution is 5.85. The van der Waals surface area contributed by atoms with Gasteiger partial charge in [0.2, 0.25) is 0 Å². The maximum absolute atomic E-state index is 12.4. The summed E-state index contributed by atoms with van der Waals surface area (Å²) in [7, 11) is 4.33. The highest BCUT2D eigenvalue weighted by Crippen LogP contribution is 2.37. The van der Waals surface area contributed by atoms with Crippen LogP contribution in [-0.4, -0.2) is 96.3 Å². The second-order valence-electron chi connectivity index (χ2n) is 15.5. The number of nitrogens with zero attached hydrogens (tertiary/aromatic N) is 2. The minimum atomic E-state index is -4.68. The molecule has 6 aliphatic heterocycles. The molecule has 6 aliphatic rings. The SMILES string of the molecule is CN1C2CCC1CC(O)C2.CN1C2CCC1CC(OCc1ccccc1OC(F)(F)F)C2.Cl.FC(F)(F)Oc1ccccc1COC1CC2CCC(C1)N2. The number of alkyl halides is 6. The van der Waals surface area contributed by atoms with Crippen molar-refractivity contribution >= 4 is 12.4 Å². The van der Waals surface area contributed by atoms with E-state index < -0.39 is 12.7 Å². The van der Waals surface area contributed by atoms with Crippen LogP contribution in [-0.2, 0) is 22.7 Å². The van der Waals surface area contributed by atoms with Gasteiger partial charge in [-0.25, -0.2) is 0 Å². The lowest BCUT2D eigenvalue weighted by Gasteiger charge is -2.36. The molecule has 0 radical (unpaired) electrons. The summed E-state index contributed by atoms with van der Waals surface area (Å²) < 4.78 is 94.1. The van der Waals surface area contributed by atoms with E-state index >= 15 is 0 Å². The lowest BCUT2D eigenvalue weighted by Crippen LogP contribution is -2.42. The van der Waals surface area contributed by atoms with Gasteiger partial charge in [-0.3, -0.25) is 0 Å². The summed E-state index contributed by atoms with van der Waals surface area (Å²) in [4.78, 5) is 4.84. The Morgan fingerprint density at radius 2 is 0.963 bits per heavy atom. The Balaban J connectivity index is 0.000000164. The third-order valence-electron chi connectivity index (χ3n) is 11.9. The topological polar surface area (TPSA) is 75.7 Å². The fourth-order valence-electron chi connectivity index (χ4n) is 9.13. The normalized spacial score (nSPS) is 31.8. The van der Waals surface area contributed by atoms with Crippen molar-refractivity contribution in [2.24, 2.45) is 0 Å². The highest BCUT2D eigenvalue weighted by Gasteiger charge is 2.40. The number of benzene rings is 2. The molecule has 2 N–H and O–H groups in total. The molecular weight excluding hydrogens is 740 g/mol. The third kappa shape index (κ3) is 12.1. The highest BCUT2D eigenvalue weighted by atomic mass is 35.5. The third-order valence-corrected chi connectivity index (χ3v) is 11.9. The first-order valence-corrected chi connectivity index (χ1v) is 19.0. The molecule has 0 spiro atoms. The van der Waals surface area contributed by atoms with Gasteiger partial charge in [-0.1, -0.05) is 36.4 Å². The van der Waals surface area contributed by atoms with Crippen LogP contribution in [0.15, 0.2) is 48.5 Å². The van der Waals surface area contributed by atoms with Crippen LogP contribution < -0.4 is 14.8 Å². The summed E-state index contributed by atoms with van der Waals surface area (Å²) in [6.45, 7) is 0.302. The number of para-hydroxylation sites is 2. The van der Waals surface area contributed by atoms with Crippen LogP contribution in [0.25, 0.3) is 0 Å². The van der Waals surface area contributed by atoms with E-state index in [2.05, 4.69) is 38.7 Å². The first-order chi connectivity index (χ1) is 25.2. The summed E-state index contributed by atoms with van der Waals surface area (Å²) in [6.07, 6.45) is 3.97. The Kier molecular flexibility index (Phi) is 14.9. The van der Waals surface area contributed by atoms with Crippen molar-refractivity contribution in [1.29, 1.82) is 0 Å². The fourth-order valence-corrected chi connectivity index (χ4v) is 9.13. The van der Waals surface area contributed by atoms with Gasteiger partial charge in [-0.05, 0) is 103 Å². The van der Waals surface area contributed by atoms with Crippen molar-refractivity contribution in [3.05, 3.63) is 59.7 Å². The molecule has 6 atom stereocenters. The predicted molar refractivity (Wildman–Crippen MR) is 193 cm³/mol. The van der Waals surface area contributed by atoms with E-state index in [0.717, 1.165) is 51.4 Å². The van der Waals surface area contributed by atoms with Crippen LogP contribution in [0.2, 0.25) is 0 Å². The molecule has 6 fully saturated rings. The van der Waals surface area contributed by atoms with Crippen molar-refractivity contribution in [1.82, 2.24) is 15.1 Å². The number of fused-ring (bicyclic) bond motifs is 6. The number of rotatable bonds is 8. The number of aliphatic hydroxyl groups excluding tert-OH is 1. The number of aliphatic hydroxyl groups is 1. The number of nitrogens with one attached hydrogen (secondary N) is 1. The van der Waals surface area contributed by atoms with Gasteiger partial charge < -0.3 is 39.2 Å². The zero-order valence-corrected chi connectivity index (χ0v) is 31.7. The molecule has 304 valence electrons. The van der Waals surface area contributed by atoms with Crippen molar-refractivity contribution in [2.45, 2.75) is 158 Å². The predicted octanol–water partition coefficient (Wildman–Crippen LogP) is 8.14. The second-order valence-corrected chi connectivity index (χ2v) is 15.5. The van der Waals surface area contributed by atoms with Crippen LogP contribution in [0.4, 0.5) is 26.3 Å². The Bertz CT molecular complexity index is 1430. The average Bonchev–Trinajstić information content (AvgIpc) is 3.59. The van der Waals surface area contributed by atoms with Gasteiger partial charge >= 0.3 is 12.7 Å². The van der Waals surface area contributed by atoms with Gasteiger partial charge in [0.1, 0.15) is 11.5 Å². The molecule has 8 rings (SSSR count). The van der Waals surface area contributed by atoms with E-state index in [1.165, 1.54) is 49.9 Å². The van der Waals surface area contributed by atoms with E-state index in [4.69, 9.17) is 9.47 Å². The molecule has 0 saturated carbocycles. The number of hydrogen-bond acceptors (Lipinski definition) is 8. The molecule has 8 nitrogen and oxygen atoms in total. The Morgan fingerprint density at radius 3 is 1.37 bits per heavy atom. The minimum Gasteiger partial charge on any atom is -0.405 e. The number of ether oxygens (including phenoxy) is 4. The maximum Gasteiger partial charge on any atom is 0.573 e. The van der Waals surface area contributed by atoms with Crippen molar-refractivity contribution < 1.29 is 50.4 Å². The number of piperidine rings is 3. The van der Waals surface area contributed by atoms with E-state index in [9.17, 15) is 31.4 Å². The van der Waals surface area contributed by atoms with Gasteiger partial charge in [0.25, 0.3) is 0 Å². The van der Waals surface area contributed by atoms with Crippen LogP contribution in [0.3, 0.4) is 0 Å². The Labute approximate surface area is 320 Å². The van der Waals surface area contributed by atoms with Crippen LogP contribution >= 0.6 is 12.4 Å². The molecular formula is C39H54ClF6N3O5. The molecule has 6 heterocycles. The van der Waals surface area contributed by atoms with E-state index in [-0.39, 0.29) is 55.4 Å². The summed E-state index contributed by atoms with van der Waals surface area (Å²) in [5.74, 6) is -0.354. The summed E-state index contributed by atoms with van der Waals surface area (Å²) in [5.41, 5.74) is 0.867. The zero-order valence-electron chi connectivity index (χ0n) is 30.9. The monoisotopic (exact) mass is 793 g/mol. The van der Waals surface area contributed by atoms with Crippen molar-refractivity contribution in [3.8, 4) is 11.5 Å². The lowest BCUT2D eigenvalue weighted by atomic mass is 10.0. The number of halogens is 7. The standard InChI is InChI=1S/C16H20F3NO2.C15H18F3NO2.C8H15NO.ClH/c1-20-12-6-7-13(20)9-14(8-12)21-10-11-4-2-3-5-15(11)22-16(17,18)19;16-15(17,18)21-14-4-2-1-3-10(14)9-20-13-7-11-5-6-12(8-13)19-11;1-9-6-2-3-7(9)5-8(10)4-6;/h2-5,12-14H,6-10H2,1H3;1-4,11-13,19H,5-9H2;6-8,10H,2-5H2,1H3;1H. The molecule has 0 aromatic heterocycles. The van der Waals surface area contributed by atoms with Crippen LogP contribution in [0.5, 0.6) is 11.5 Å². The molecule has 0 aliphatic carbocycles. The molecule has 54 heavy (non-hydrogen) atoms. The zero-order chi connectivity index (χ0) is 37.8. The van der Waals surface area contributed by atoms with Crippen LogP contribution in [0, 0.1) is 0 Å². The summed E-state index contributed by atoms with van der Waals surface area (Å²) in [6, 6.07) is 15.8. The van der Waals surface area contributed by atoms with E-state index in [1.54, 1.807) is 24.3 Å². The Hall–Kier alpha value is -2.33. The first-order valence-electron chi connectivity index (χ1n) is 19.0. The fraction of sp³-hybridized carbons (Fsp3) is 0.692. The van der Waals surface area contributed by atoms with Gasteiger partial charge in [0.15, 0.2) is 0 Å². The van der Waals surface area contributed by atoms with Gasteiger partial charge in [-0.2, -0.15) is 0 Å². The number of hydrogen-bond donors (Lipinski definition) is 2. The summed E-state index contributed by atoms with van der Waals surface area (Å²) in [5, 5.41) is 12.9. The van der Waals surface area contributed by atoms with Crippen molar-refractivity contribution in [3.63, 3.8) is 0 Å². The first kappa shape index (κ1) is 42.8. The molecule has 2 aromatic carbocycles. The average molecular weight is 794 g/mol. The van der Waals surface area contributed by atoms with E-state index in [1.807, 2.05) is 0 Å². The summed E-state index contributed by atoms with van der Waals surface area (Å²) >= 11 is 0. The van der Waals surface area contributed by atoms with E-state index in [0.29, 0.717) is 47.4 Å². The molecule has 15 heteroatoms. The molecule has 6 bridgehead atoms. The smallest absolute Gasteiger partial charge is 0.405 e. The minimum absolute atomic E-state index is 0. The quantitative estimate of drug-likeness (QED) is 0.260. The molecule has 0 amide bonds. The molecule has 2 aromatic rings. The van der Waals surface area contributed by atoms with Crippen molar-refractivity contribution in [2.75, 3.05) is 14.1 Å². The second kappa shape index (κ2) is 18.7. The van der Waals surface area contributed by atoms with Gasteiger partial charge in [0.05, 0.1) is 31.5 Å². The van der Waals surface area contributed by atoms with Gasteiger partial charge in [-0.15, -0.1) is 38.7 Å². The molecule has 6 saturated heterocycles. The van der Waals surface area contributed by atoms with Gasteiger partial charge in [0, 0.05) is 47.4 Å². The molecule has 6 unspecified atom stereocenters. The maximum atomic E-state index is 12.4.